The Kier molecular flexibility index (Phi) is 20.0. The molecule has 0 saturated carbocycles. The molecule has 0 aromatic carbocycles. The lowest BCUT2D eigenvalue weighted by atomic mass is 10.1. The molecule has 2 heteroatoms. The van der Waals surface area contributed by atoms with Gasteiger partial charge < -0.3 is 0 Å². The van der Waals surface area contributed by atoms with Crippen molar-refractivity contribution in [3.8, 4) is 0 Å². The van der Waals surface area contributed by atoms with Crippen LogP contribution in [0.1, 0.15) is 117 Å². The molecule has 0 aliphatic heterocycles. The van der Waals surface area contributed by atoms with Gasteiger partial charge in [0.05, 0.1) is 0 Å². The third-order valence-corrected chi connectivity index (χ3v) is 7.25. The van der Waals surface area contributed by atoms with Crippen LogP contribution < -0.4 is 0 Å². The van der Waals surface area contributed by atoms with E-state index in [2.05, 4.69) is 13.8 Å². The van der Waals surface area contributed by atoms with Crippen LogP contribution in [0.5, 0.6) is 0 Å². The average Bonchev–Trinajstić information content (AvgIpc) is 2.52. The SMILES string of the molecule is CCCCCCCCCC[P+](=S)CCCCCCCCCC. The quantitative estimate of drug-likeness (QED) is 0.178. The summed E-state index contributed by atoms with van der Waals surface area (Å²) in [5, 5.41) is 0. The van der Waals surface area contributed by atoms with Crippen molar-refractivity contribution in [3.63, 3.8) is 0 Å². The van der Waals surface area contributed by atoms with E-state index in [-0.39, 0.29) is 6.70 Å². The van der Waals surface area contributed by atoms with Gasteiger partial charge in [-0.25, -0.2) is 0 Å². The highest BCUT2D eigenvalue weighted by Gasteiger charge is 2.08. The van der Waals surface area contributed by atoms with Crippen molar-refractivity contribution in [3.05, 3.63) is 0 Å². The molecule has 22 heavy (non-hydrogen) atoms. The van der Waals surface area contributed by atoms with Crippen molar-refractivity contribution >= 4 is 18.5 Å². The van der Waals surface area contributed by atoms with Crippen LogP contribution in [-0.4, -0.2) is 12.3 Å². The standard InChI is InChI=1S/C20H42PS/c1-3-5-7-9-11-13-15-17-19-21(22)20-18-16-14-12-10-8-6-4-2/h3-20H2,1-2H3/q+1. The summed E-state index contributed by atoms with van der Waals surface area (Å²) in [6.45, 7) is 4.52. The summed E-state index contributed by atoms with van der Waals surface area (Å²) in [4.78, 5) is 0. The van der Waals surface area contributed by atoms with E-state index in [1.165, 1.54) is 115 Å². The van der Waals surface area contributed by atoms with Crippen LogP contribution >= 0.6 is 6.70 Å². The van der Waals surface area contributed by atoms with E-state index >= 15 is 0 Å². The van der Waals surface area contributed by atoms with Crippen molar-refractivity contribution < 1.29 is 0 Å². The molecule has 0 rings (SSSR count). The summed E-state index contributed by atoms with van der Waals surface area (Å²) in [7, 11) is 0. The molecular weight excluding hydrogens is 303 g/mol. The molecule has 0 saturated heterocycles. The van der Waals surface area contributed by atoms with Gasteiger partial charge >= 0.3 is 0 Å². The average molecular weight is 346 g/mol. The zero-order chi connectivity index (χ0) is 16.3. The van der Waals surface area contributed by atoms with Gasteiger partial charge in [0.25, 0.3) is 0 Å². The molecule has 0 unspecified atom stereocenters. The minimum atomic E-state index is -0.0577. The van der Waals surface area contributed by atoms with Gasteiger partial charge in [0.1, 0.15) is 12.3 Å². The zero-order valence-corrected chi connectivity index (χ0v) is 17.3. The molecule has 132 valence electrons. The van der Waals surface area contributed by atoms with Crippen LogP contribution in [0, 0.1) is 0 Å². The van der Waals surface area contributed by atoms with E-state index in [1.807, 2.05) is 0 Å². The number of rotatable bonds is 18. The fourth-order valence-corrected chi connectivity index (χ4v) is 5.11. The first-order valence-corrected chi connectivity index (χ1v) is 13.0. The first kappa shape index (κ1) is 22.5. The van der Waals surface area contributed by atoms with Crippen molar-refractivity contribution in [2.45, 2.75) is 117 Å². The molecule has 0 aromatic heterocycles. The van der Waals surface area contributed by atoms with E-state index in [9.17, 15) is 0 Å². The van der Waals surface area contributed by atoms with Crippen molar-refractivity contribution in [2.75, 3.05) is 12.3 Å². The second kappa shape index (κ2) is 19.6. The van der Waals surface area contributed by atoms with Crippen molar-refractivity contribution in [1.29, 1.82) is 0 Å². The monoisotopic (exact) mass is 345 g/mol. The molecule has 0 aliphatic rings. The molecule has 0 aromatic rings. The molecule has 0 aliphatic carbocycles. The Bertz CT molecular complexity index is 206. The van der Waals surface area contributed by atoms with Crippen LogP contribution in [0.25, 0.3) is 0 Å². The van der Waals surface area contributed by atoms with E-state index in [1.54, 1.807) is 0 Å². The molecule has 0 nitrogen and oxygen atoms in total. The smallest absolute Gasteiger partial charge is 0.0654 e. The third-order valence-electron chi connectivity index (χ3n) is 4.52. The maximum Gasteiger partial charge on any atom is 0.175 e. The minimum Gasteiger partial charge on any atom is -0.0654 e. The Hall–Kier alpha value is 0.520. The predicted molar refractivity (Wildman–Crippen MR) is 109 cm³/mol. The lowest BCUT2D eigenvalue weighted by molar-refractivity contribution is 0.584. The second-order valence-corrected chi connectivity index (χ2v) is 10.3. The van der Waals surface area contributed by atoms with E-state index in [4.69, 9.17) is 11.8 Å². The lowest BCUT2D eigenvalue weighted by Gasteiger charge is -2.00. The van der Waals surface area contributed by atoms with Crippen molar-refractivity contribution in [1.82, 2.24) is 0 Å². The fourth-order valence-electron chi connectivity index (χ4n) is 2.96. The van der Waals surface area contributed by atoms with Gasteiger partial charge in [-0.05, 0) is 25.7 Å². The first-order chi connectivity index (χ1) is 10.8. The van der Waals surface area contributed by atoms with Crippen LogP contribution in [0.3, 0.4) is 0 Å². The molecule has 0 bridgehead atoms. The Morgan fingerprint density at radius 3 is 1.05 bits per heavy atom. The van der Waals surface area contributed by atoms with E-state index in [0.717, 1.165) is 0 Å². The molecule has 0 radical (unpaired) electrons. The molecule has 0 heterocycles. The van der Waals surface area contributed by atoms with Gasteiger partial charge in [-0.3, -0.25) is 0 Å². The fraction of sp³-hybridized carbons (Fsp3) is 1.00. The maximum absolute atomic E-state index is 5.67. The highest BCUT2D eigenvalue weighted by atomic mass is 32.4. The number of hydrogen-bond donors (Lipinski definition) is 0. The van der Waals surface area contributed by atoms with E-state index < -0.39 is 0 Å². The second-order valence-electron chi connectivity index (χ2n) is 6.88. The van der Waals surface area contributed by atoms with Gasteiger partial charge in [0.2, 0.25) is 0 Å². The molecule has 0 amide bonds. The Morgan fingerprint density at radius 1 is 0.455 bits per heavy atom. The first-order valence-electron chi connectivity index (χ1n) is 10.2. The van der Waals surface area contributed by atoms with Crippen LogP contribution in [-0.2, 0) is 11.8 Å². The predicted octanol–water partition coefficient (Wildman–Crippen LogP) is 8.21. The van der Waals surface area contributed by atoms with Gasteiger partial charge in [-0.1, -0.05) is 90.9 Å². The number of hydrogen-bond acceptors (Lipinski definition) is 1. The van der Waals surface area contributed by atoms with Crippen molar-refractivity contribution in [2.24, 2.45) is 0 Å². The highest BCUT2D eigenvalue weighted by molar-refractivity contribution is 8.05. The lowest BCUT2D eigenvalue weighted by Crippen LogP contribution is -1.87. The topological polar surface area (TPSA) is 0 Å². The normalized spacial score (nSPS) is 11.0. The summed E-state index contributed by atoms with van der Waals surface area (Å²) in [5.74, 6) is 0. The maximum atomic E-state index is 5.67. The largest absolute Gasteiger partial charge is 0.175 e. The molecule has 0 spiro atoms. The van der Waals surface area contributed by atoms with Gasteiger partial charge in [0, 0.05) is 0 Å². The summed E-state index contributed by atoms with van der Waals surface area (Å²) in [6.07, 6.45) is 25.5. The highest BCUT2D eigenvalue weighted by Crippen LogP contribution is 2.25. The molecule has 0 N–H and O–H groups in total. The molecule has 0 atom stereocenters. The summed E-state index contributed by atoms with van der Waals surface area (Å²) in [5.41, 5.74) is 0. The van der Waals surface area contributed by atoms with Crippen LogP contribution in [0.2, 0.25) is 0 Å². The Balaban J connectivity index is 3.13. The third kappa shape index (κ3) is 18.6. The van der Waals surface area contributed by atoms with Gasteiger partial charge in [-0.2, -0.15) is 0 Å². The van der Waals surface area contributed by atoms with E-state index in [0.29, 0.717) is 0 Å². The summed E-state index contributed by atoms with van der Waals surface area (Å²) in [6, 6.07) is 0. The van der Waals surface area contributed by atoms with Crippen LogP contribution in [0.15, 0.2) is 0 Å². The molecule has 0 fully saturated rings. The summed E-state index contributed by atoms with van der Waals surface area (Å²) < 4.78 is 0. The Morgan fingerprint density at radius 2 is 0.727 bits per heavy atom. The minimum absolute atomic E-state index is 0.0577. The number of unbranched alkanes of at least 4 members (excludes halogenated alkanes) is 14. The van der Waals surface area contributed by atoms with Crippen LogP contribution in [0.4, 0.5) is 0 Å². The Labute approximate surface area is 147 Å². The zero-order valence-electron chi connectivity index (χ0n) is 15.6. The summed E-state index contributed by atoms with van der Waals surface area (Å²) >= 11 is 5.67. The van der Waals surface area contributed by atoms with Gasteiger partial charge in [-0.15, -0.1) is 0 Å². The molecular formula is C20H42PS+. The van der Waals surface area contributed by atoms with Gasteiger partial charge in [0.15, 0.2) is 18.5 Å².